The first-order valence-electron chi connectivity index (χ1n) is 7.70. The van der Waals surface area contributed by atoms with Crippen LogP contribution in [0.3, 0.4) is 0 Å². The molecule has 0 aliphatic rings. The third kappa shape index (κ3) is 5.06. The van der Waals surface area contributed by atoms with Crippen LogP contribution in [0.25, 0.3) is 0 Å². The van der Waals surface area contributed by atoms with Gasteiger partial charge in [-0.25, -0.2) is 0 Å². The van der Waals surface area contributed by atoms with Crippen LogP contribution in [0.2, 0.25) is 0 Å². The highest BCUT2D eigenvalue weighted by atomic mass is 14.1. The lowest BCUT2D eigenvalue weighted by Gasteiger charge is -2.10. The van der Waals surface area contributed by atoms with Gasteiger partial charge in [-0.05, 0) is 48.8 Å². The van der Waals surface area contributed by atoms with E-state index in [0.29, 0.717) is 0 Å². The molecule has 0 bridgehead atoms. The maximum atomic E-state index is 2.39. The first kappa shape index (κ1) is 15.8. The van der Waals surface area contributed by atoms with Crippen molar-refractivity contribution < 1.29 is 0 Å². The lowest BCUT2D eigenvalue weighted by atomic mass is 9.96. The lowest BCUT2D eigenvalue weighted by molar-refractivity contribution is 0.982. The number of hydrogen-bond acceptors (Lipinski definition) is 0. The third-order valence-electron chi connectivity index (χ3n) is 3.62. The standard InChI is InChI=1S/C19H28/c1-5-9-10-11-16(6-2)14-17-12-13-18(7-3)19(8-4)15-17/h9-13,15H,5-8,14H2,1-4H3/b10-9+,16-11+. The molecule has 1 aromatic rings. The molecule has 0 aliphatic heterocycles. The molecule has 1 aromatic carbocycles. The molecule has 0 amide bonds. The Hall–Kier alpha value is -1.30. The minimum Gasteiger partial charge on any atom is -0.0848 e. The Labute approximate surface area is 119 Å². The second-order valence-corrected chi connectivity index (χ2v) is 5.00. The average Bonchev–Trinajstić information content (AvgIpc) is 2.46. The van der Waals surface area contributed by atoms with Crippen LogP contribution in [-0.4, -0.2) is 0 Å². The van der Waals surface area contributed by atoms with Gasteiger partial charge in [0.2, 0.25) is 0 Å². The van der Waals surface area contributed by atoms with E-state index in [1.807, 2.05) is 0 Å². The van der Waals surface area contributed by atoms with E-state index in [1.165, 1.54) is 22.3 Å². The largest absolute Gasteiger partial charge is 0.0848 e. The summed E-state index contributed by atoms with van der Waals surface area (Å²) in [6.07, 6.45) is 12.3. The second kappa shape index (κ2) is 8.74. The SMILES string of the molecule is CC/C=C/C=C(\CC)Cc1ccc(CC)c(CC)c1. The van der Waals surface area contributed by atoms with E-state index in [-0.39, 0.29) is 0 Å². The number of aryl methyl sites for hydroxylation is 2. The third-order valence-corrected chi connectivity index (χ3v) is 3.62. The molecule has 104 valence electrons. The molecule has 0 radical (unpaired) electrons. The van der Waals surface area contributed by atoms with Gasteiger partial charge in [0.15, 0.2) is 0 Å². The maximum absolute atomic E-state index is 2.39. The first-order chi connectivity index (χ1) is 9.24. The van der Waals surface area contributed by atoms with Crippen molar-refractivity contribution in [1.29, 1.82) is 0 Å². The molecule has 0 fully saturated rings. The van der Waals surface area contributed by atoms with Crippen LogP contribution in [0.15, 0.2) is 42.0 Å². The summed E-state index contributed by atoms with van der Waals surface area (Å²) in [6.45, 7) is 8.90. The van der Waals surface area contributed by atoms with Gasteiger partial charge in [0.05, 0.1) is 0 Å². The van der Waals surface area contributed by atoms with E-state index in [0.717, 1.165) is 32.1 Å². The number of hydrogen-bond donors (Lipinski definition) is 0. The van der Waals surface area contributed by atoms with Crippen molar-refractivity contribution in [2.45, 2.75) is 59.8 Å². The van der Waals surface area contributed by atoms with Crippen molar-refractivity contribution in [3.63, 3.8) is 0 Å². The summed E-state index contributed by atoms with van der Waals surface area (Å²) >= 11 is 0. The molecule has 0 nitrogen and oxygen atoms in total. The predicted octanol–water partition coefficient (Wildman–Crippen LogP) is 5.66. The van der Waals surface area contributed by atoms with Crippen molar-refractivity contribution >= 4 is 0 Å². The second-order valence-electron chi connectivity index (χ2n) is 5.00. The topological polar surface area (TPSA) is 0 Å². The van der Waals surface area contributed by atoms with E-state index in [9.17, 15) is 0 Å². The van der Waals surface area contributed by atoms with Gasteiger partial charge in [0.1, 0.15) is 0 Å². The quantitative estimate of drug-likeness (QED) is 0.552. The van der Waals surface area contributed by atoms with Gasteiger partial charge in [-0.1, -0.05) is 69.7 Å². The zero-order chi connectivity index (χ0) is 14.1. The summed E-state index contributed by atoms with van der Waals surface area (Å²) < 4.78 is 0. The Bertz CT molecular complexity index is 435. The van der Waals surface area contributed by atoms with Crippen molar-refractivity contribution in [3.8, 4) is 0 Å². The zero-order valence-electron chi connectivity index (χ0n) is 13.0. The van der Waals surface area contributed by atoms with Crippen LogP contribution in [0.5, 0.6) is 0 Å². The molecule has 0 atom stereocenters. The molecule has 0 N–H and O–H groups in total. The van der Waals surface area contributed by atoms with E-state index in [4.69, 9.17) is 0 Å². The van der Waals surface area contributed by atoms with Gasteiger partial charge >= 0.3 is 0 Å². The molecular weight excluding hydrogens is 228 g/mol. The van der Waals surface area contributed by atoms with Crippen LogP contribution in [-0.2, 0) is 19.3 Å². The Morgan fingerprint density at radius 3 is 2.32 bits per heavy atom. The monoisotopic (exact) mass is 256 g/mol. The molecule has 19 heavy (non-hydrogen) atoms. The summed E-state index contributed by atoms with van der Waals surface area (Å²) in [6, 6.07) is 7.00. The van der Waals surface area contributed by atoms with E-state index < -0.39 is 0 Å². The van der Waals surface area contributed by atoms with Gasteiger partial charge in [-0.3, -0.25) is 0 Å². The van der Waals surface area contributed by atoms with Crippen molar-refractivity contribution in [3.05, 3.63) is 58.7 Å². The molecule has 0 heteroatoms. The number of benzene rings is 1. The minimum absolute atomic E-state index is 1.08. The normalized spacial score (nSPS) is 12.3. The first-order valence-corrected chi connectivity index (χ1v) is 7.70. The van der Waals surface area contributed by atoms with Crippen LogP contribution >= 0.6 is 0 Å². The average molecular weight is 256 g/mol. The molecule has 0 aromatic heterocycles. The Morgan fingerprint density at radius 2 is 1.74 bits per heavy atom. The molecule has 0 aliphatic carbocycles. The molecule has 0 saturated heterocycles. The minimum atomic E-state index is 1.08. The zero-order valence-corrected chi connectivity index (χ0v) is 13.0. The van der Waals surface area contributed by atoms with Gasteiger partial charge in [0, 0.05) is 0 Å². The number of rotatable bonds is 7. The predicted molar refractivity (Wildman–Crippen MR) is 86.7 cm³/mol. The summed E-state index contributed by atoms with van der Waals surface area (Å²) in [5, 5.41) is 0. The van der Waals surface area contributed by atoms with Crippen LogP contribution in [0, 0.1) is 0 Å². The molecule has 0 unspecified atom stereocenters. The van der Waals surface area contributed by atoms with Gasteiger partial charge in [-0.15, -0.1) is 0 Å². The molecular formula is C19H28. The van der Waals surface area contributed by atoms with Crippen LogP contribution in [0.4, 0.5) is 0 Å². The summed E-state index contributed by atoms with van der Waals surface area (Å²) in [4.78, 5) is 0. The van der Waals surface area contributed by atoms with Gasteiger partial charge in [0.25, 0.3) is 0 Å². The highest BCUT2D eigenvalue weighted by Gasteiger charge is 2.02. The molecule has 0 spiro atoms. The lowest BCUT2D eigenvalue weighted by Crippen LogP contribution is -1.95. The summed E-state index contributed by atoms with van der Waals surface area (Å²) in [5.74, 6) is 0. The van der Waals surface area contributed by atoms with E-state index in [2.05, 4.69) is 64.1 Å². The van der Waals surface area contributed by atoms with Crippen LogP contribution in [0.1, 0.15) is 57.2 Å². The fourth-order valence-corrected chi connectivity index (χ4v) is 2.37. The molecule has 0 saturated carbocycles. The highest BCUT2D eigenvalue weighted by molar-refractivity contribution is 5.34. The van der Waals surface area contributed by atoms with E-state index >= 15 is 0 Å². The smallest absolute Gasteiger partial charge is 0.00640 e. The Kier molecular flexibility index (Phi) is 7.25. The van der Waals surface area contributed by atoms with Crippen molar-refractivity contribution in [2.24, 2.45) is 0 Å². The number of allylic oxidation sites excluding steroid dienone is 4. The fourth-order valence-electron chi connectivity index (χ4n) is 2.37. The Morgan fingerprint density at radius 1 is 1.00 bits per heavy atom. The molecule has 0 heterocycles. The van der Waals surface area contributed by atoms with Crippen molar-refractivity contribution in [1.82, 2.24) is 0 Å². The summed E-state index contributed by atoms with van der Waals surface area (Å²) in [5.41, 5.74) is 5.97. The highest BCUT2D eigenvalue weighted by Crippen LogP contribution is 2.17. The van der Waals surface area contributed by atoms with Crippen molar-refractivity contribution in [2.75, 3.05) is 0 Å². The van der Waals surface area contributed by atoms with E-state index in [1.54, 1.807) is 0 Å². The van der Waals surface area contributed by atoms with Gasteiger partial charge < -0.3 is 0 Å². The summed E-state index contributed by atoms with van der Waals surface area (Å²) in [7, 11) is 0. The maximum Gasteiger partial charge on any atom is -0.00640 e. The molecule has 1 rings (SSSR count). The Balaban J connectivity index is 2.85. The fraction of sp³-hybridized carbons (Fsp3) is 0.474. The van der Waals surface area contributed by atoms with Gasteiger partial charge in [-0.2, -0.15) is 0 Å². The van der Waals surface area contributed by atoms with Crippen LogP contribution < -0.4 is 0 Å².